The number of aryl methyl sites for hydroxylation is 2. The highest BCUT2D eigenvalue weighted by Gasteiger charge is 2.50. The van der Waals surface area contributed by atoms with Gasteiger partial charge in [-0.15, -0.1) is 22.9 Å². The van der Waals surface area contributed by atoms with E-state index in [9.17, 15) is 0 Å². The van der Waals surface area contributed by atoms with Crippen LogP contribution in [0.25, 0.3) is 0 Å². The Balaban J connectivity index is 2.20. The molecule has 0 spiro atoms. The smallest absolute Gasteiger partial charge is 0.0629 e. The first kappa shape index (κ1) is 10.5. The van der Waals surface area contributed by atoms with E-state index in [1.807, 2.05) is 11.3 Å². The third kappa shape index (κ3) is 1.72. The Bertz CT molecular complexity index is 351. The van der Waals surface area contributed by atoms with Gasteiger partial charge in [-0.2, -0.15) is 0 Å². The Morgan fingerprint density at radius 1 is 1.50 bits per heavy atom. The van der Waals surface area contributed by atoms with E-state index in [0.29, 0.717) is 11.3 Å². The Hall–Kier alpha value is -0.0100. The van der Waals surface area contributed by atoms with Gasteiger partial charge in [0, 0.05) is 9.75 Å². The second-order valence-electron chi connectivity index (χ2n) is 5.07. The fourth-order valence-corrected chi connectivity index (χ4v) is 3.84. The van der Waals surface area contributed by atoms with Crippen molar-refractivity contribution < 1.29 is 0 Å². The summed E-state index contributed by atoms with van der Waals surface area (Å²) in [4.78, 5) is 2.77. The zero-order chi connectivity index (χ0) is 10.5. The number of hydrogen-bond donors (Lipinski definition) is 0. The van der Waals surface area contributed by atoms with Crippen LogP contribution >= 0.6 is 22.9 Å². The molecular weight excluding hydrogens is 212 g/mol. The van der Waals surface area contributed by atoms with Gasteiger partial charge in [-0.1, -0.05) is 13.8 Å². The summed E-state index contributed by atoms with van der Waals surface area (Å²) in [5.74, 6) is 0.678. The largest absolute Gasteiger partial charge is 0.146 e. The molecule has 1 saturated carbocycles. The lowest BCUT2D eigenvalue weighted by atomic mass is 10.0. The molecule has 0 saturated heterocycles. The van der Waals surface area contributed by atoms with E-state index in [1.54, 1.807) is 0 Å². The van der Waals surface area contributed by atoms with Gasteiger partial charge in [-0.3, -0.25) is 0 Å². The third-order valence-corrected chi connectivity index (χ3v) is 4.84. The number of halogens is 1. The molecule has 1 fully saturated rings. The molecular formula is C12H17ClS. The van der Waals surface area contributed by atoms with Crippen molar-refractivity contribution in [3.05, 3.63) is 21.4 Å². The maximum atomic E-state index is 6.51. The minimum absolute atomic E-state index is 0.231. The molecule has 78 valence electrons. The fourth-order valence-electron chi connectivity index (χ4n) is 2.15. The standard InChI is InChI=1S/C12H17ClS/c1-7-5-9(8(2)14-7)11(13)10-6-12(10,3)4/h5,10-11H,6H2,1-4H3. The molecule has 2 rings (SSSR count). The molecule has 0 radical (unpaired) electrons. The summed E-state index contributed by atoms with van der Waals surface area (Å²) in [7, 11) is 0. The van der Waals surface area contributed by atoms with Gasteiger partial charge in [0.25, 0.3) is 0 Å². The SMILES string of the molecule is Cc1cc(C(Cl)C2CC2(C)C)c(C)s1. The maximum Gasteiger partial charge on any atom is 0.0629 e. The van der Waals surface area contributed by atoms with Crippen LogP contribution in [0.15, 0.2) is 6.07 Å². The van der Waals surface area contributed by atoms with E-state index in [4.69, 9.17) is 11.6 Å². The zero-order valence-corrected chi connectivity index (χ0v) is 10.8. The molecule has 2 unspecified atom stereocenters. The quantitative estimate of drug-likeness (QED) is 0.645. The zero-order valence-electron chi connectivity index (χ0n) is 9.23. The summed E-state index contributed by atoms with van der Waals surface area (Å²) < 4.78 is 0. The van der Waals surface area contributed by atoms with Crippen molar-refractivity contribution in [2.75, 3.05) is 0 Å². The fraction of sp³-hybridized carbons (Fsp3) is 0.667. The molecule has 0 aromatic carbocycles. The van der Waals surface area contributed by atoms with Gasteiger partial charge in [0.05, 0.1) is 5.38 Å². The van der Waals surface area contributed by atoms with Gasteiger partial charge in [-0.25, -0.2) is 0 Å². The van der Waals surface area contributed by atoms with E-state index in [-0.39, 0.29) is 5.38 Å². The average Bonchev–Trinajstić information content (AvgIpc) is 2.55. The second kappa shape index (κ2) is 3.24. The molecule has 0 amide bonds. The van der Waals surface area contributed by atoms with Crippen LogP contribution in [0.2, 0.25) is 0 Å². The highest BCUT2D eigenvalue weighted by atomic mass is 35.5. The lowest BCUT2D eigenvalue weighted by molar-refractivity contribution is 0.548. The lowest BCUT2D eigenvalue weighted by Gasteiger charge is -2.10. The second-order valence-corrected chi connectivity index (χ2v) is 7.00. The summed E-state index contributed by atoms with van der Waals surface area (Å²) in [6.45, 7) is 8.95. The van der Waals surface area contributed by atoms with Crippen LogP contribution in [0.5, 0.6) is 0 Å². The summed E-state index contributed by atoms with van der Waals surface area (Å²) in [5.41, 5.74) is 1.83. The van der Waals surface area contributed by atoms with Crippen molar-refractivity contribution in [3.63, 3.8) is 0 Å². The molecule has 14 heavy (non-hydrogen) atoms. The summed E-state index contributed by atoms with van der Waals surface area (Å²) in [5, 5.41) is 0.231. The van der Waals surface area contributed by atoms with Crippen molar-refractivity contribution in [1.82, 2.24) is 0 Å². The summed E-state index contributed by atoms with van der Waals surface area (Å²) in [6.07, 6.45) is 1.27. The van der Waals surface area contributed by atoms with E-state index in [2.05, 4.69) is 33.8 Å². The molecule has 0 aliphatic heterocycles. The van der Waals surface area contributed by atoms with Crippen LogP contribution in [-0.4, -0.2) is 0 Å². The lowest BCUT2D eigenvalue weighted by Crippen LogP contribution is -1.99. The van der Waals surface area contributed by atoms with Gasteiger partial charge >= 0.3 is 0 Å². The van der Waals surface area contributed by atoms with Gasteiger partial charge in [-0.05, 0) is 43.2 Å². The Morgan fingerprint density at radius 2 is 2.07 bits per heavy atom. The summed E-state index contributed by atoms with van der Waals surface area (Å²) in [6, 6.07) is 2.26. The molecule has 1 aromatic heterocycles. The average molecular weight is 229 g/mol. The third-order valence-electron chi connectivity index (χ3n) is 3.32. The van der Waals surface area contributed by atoms with Crippen molar-refractivity contribution in [2.24, 2.45) is 11.3 Å². The van der Waals surface area contributed by atoms with Crippen LogP contribution < -0.4 is 0 Å². The molecule has 0 N–H and O–H groups in total. The first-order chi connectivity index (χ1) is 6.42. The van der Waals surface area contributed by atoms with Crippen LogP contribution in [0.4, 0.5) is 0 Å². The van der Waals surface area contributed by atoms with Crippen LogP contribution in [0, 0.1) is 25.2 Å². The minimum Gasteiger partial charge on any atom is -0.146 e. The highest BCUT2D eigenvalue weighted by Crippen LogP contribution is 2.60. The molecule has 2 heteroatoms. The normalized spacial score (nSPS) is 26.2. The number of thiophene rings is 1. The van der Waals surface area contributed by atoms with Gasteiger partial charge in [0.2, 0.25) is 0 Å². The van der Waals surface area contributed by atoms with Crippen LogP contribution in [0.1, 0.15) is 41.0 Å². The van der Waals surface area contributed by atoms with E-state index in [0.717, 1.165) is 0 Å². The Kier molecular flexibility index (Phi) is 2.43. The Labute approximate surface area is 95.3 Å². The van der Waals surface area contributed by atoms with Crippen LogP contribution in [0.3, 0.4) is 0 Å². The molecule has 1 heterocycles. The number of alkyl halides is 1. The molecule has 1 aliphatic rings. The first-order valence-electron chi connectivity index (χ1n) is 5.13. The number of rotatable bonds is 2. The monoisotopic (exact) mass is 228 g/mol. The van der Waals surface area contributed by atoms with Gasteiger partial charge in [0.15, 0.2) is 0 Å². The topological polar surface area (TPSA) is 0 Å². The van der Waals surface area contributed by atoms with E-state index >= 15 is 0 Å². The van der Waals surface area contributed by atoms with Crippen molar-refractivity contribution in [1.29, 1.82) is 0 Å². The first-order valence-corrected chi connectivity index (χ1v) is 6.38. The van der Waals surface area contributed by atoms with Crippen molar-refractivity contribution in [2.45, 2.75) is 39.5 Å². The highest BCUT2D eigenvalue weighted by molar-refractivity contribution is 7.12. The molecule has 0 bridgehead atoms. The molecule has 2 atom stereocenters. The minimum atomic E-state index is 0.231. The van der Waals surface area contributed by atoms with Crippen LogP contribution in [-0.2, 0) is 0 Å². The maximum absolute atomic E-state index is 6.51. The van der Waals surface area contributed by atoms with Crippen molar-refractivity contribution in [3.8, 4) is 0 Å². The van der Waals surface area contributed by atoms with Crippen molar-refractivity contribution >= 4 is 22.9 Å². The molecule has 1 aromatic rings. The van der Waals surface area contributed by atoms with Gasteiger partial charge < -0.3 is 0 Å². The Morgan fingerprint density at radius 3 is 2.43 bits per heavy atom. The van der Waals surface area contributed by atoms with E-state index < -0.39 is 0 Å². The summed E-state index contributed by atoms with van der Waals surface area (Å²) >= 11 is 8.37. The van der Waals surface area contributed by atoms with Gasteiger partial charge in [0.1, 0.15) is 0 Å². The molecule has 0 nitrogen and oxygen atoms in total. The van der Waals surface area contributed by atoms with E-state index in [1.165, 1.54) is 21.7 Å². The predicted molar refractivity (Wildman–Crippen MR) is 64.3 cm³/mol. The predicted octanol–water partition coefficient (Wildman–Crippen LogP) is 4.69. The number of hydrogen-bond acceptors (Lipinski definition) is 1. The molecule has 1 aliphatic carbocycles.